The fourth-order valence-electron chi connectivity index (χ4n) is 3.30. The zero-order chi connectivity index (χ0) is 18.3. The summed E-state index contributed by atoms with van der Waals surface area (Å²) >= 11 is 12.4. The molecule has 0 amide bonds. The van der Waals surface area contributed by atoms with Gasteiger partial charge in [-0.15, -0.1) is 12.4 Å². The van der Waals surface area contributed by atoms with E-state index < -0.39 is 10.0 Å². The summed E-state index contributed by atoms with van der Waals surface area (Å²) in [7, 11) is -3.80. The van der Waals surface area contributed by atoms with Crippen molar-refractivity contribution in [2.45, 2.75) is 4.90 Å². The number of benzene rings is 2. The molecule has 1 aliphatic rings. The van der Waals surface area contributed by atoms with Crippen LogP contribution in [0.3, 0.4) is 0 Å². The highest BCUT2D eigenvalue weighted by Gasteiger charge is 2.24. The first-order chi connectivity index (χ1) is 12.5. The van der Waals surface area contributed by atoms with E-state index in [1.807, 2.05) is 12.1 Å². The van der Waals surface area contributed by atoms with Crippen molar-refractivity contribution in [3.8, 4) is 0 Å². The number of aromatic nitrogens is 1. The van der Waals surface area contributed by atoms with Crippen molar-refractivity contribution >= 4 is 62.2 Å². The summed E-state index contributed by atoms with van der Waals surface area (Å²) in [5.41, 5.74) is 1.51. The third-order valence-corrected chi connectivity index (χ3v) is 6.73. The maximum atomic E-state index is 13.1. The van der Waals surface area contributed by atoms with Crippen LogP contribution in [0.25, 0.3) is 10.9 Å². The van der Waals surface area contributed by atoms with Gasteiger partial charge in [0.2, 0.25) is 0 Å². The predicted octanol–water partition coefficient (Wildman–Crippen LogP) is 4.02. The van der Waals surface area contributed by atoms with Crippen molar-refractivity contribution in [3.05, 3.63) is 58.7 Å². The van der Waals surface area contributed by atoms with E-state index in [1.54, 1.807) is 18.2 Å². The smallest absolute Gasteiger partial charge is 0.268 e. The minimum atomic E-state index is -3.80. The van der Waals surface area contributed by atoms with Crippen LogP contribution in [0.4, 0.5) is 5.69 Å². The molecule has 5 nitrogen and oxygen atoms in total. The number of anilines is 1. The fraction of sp³-hybridized carbons (Fsp3) is 0.222. The summed E-state index contributed by atoms with van der Waals surface area (Å²) < 4.78 is 27.5. The van der Waals surface area contributed by atoms with E-state index in [1.165, 1.54) is 22.3 Å². The minimum absolute atomic E-state index is 0. The number of hydrogen-bond donors (Lipinski definition) is 1. The Kier molecular flexibility index (Phi) is 5.93. The molecule has 3 aromatic rings. The lowest BCUT2D eigenvalue weighted by Gasteiger charge is -2.30. The van der Waals surface area contributed by atoms with Crippen LogP contribution in [0, 0.1) is 0 Å². The van der Waals surface area contributed by atoms with E-state index >= 15 is 0 Å². The van der Waals surface area contributed by atoms with Crippen LogP contribution in [0.1, 0.15) is 0 Å². The zero-order valence-corrected chi connectivity index (χ0v) is 17.4. The fourth-order valence-corrected chi connectivity index (χ4v) is 5.32. The lowest BCUT2D eigenvalue weighted by molar-refractivity contribution is 0.588. The van der Waals surface area contributed by atoms with Crippen LogP contribution in [-0.2, 0) is 10.0 Å². The second kappa shape index (κ2) is 7.89. The molecule has 2 heterocycles. The highest BCUT2D eigenvalue weighted by atomic mass is 35.5. The van der Waals surface area contributed by atoms with Gasteiger partial charge < -0.3 is 10.2 Å². The highest BCUT2D eigenvalue weighted by molar-refractivity contribution is 7.90. The third kappa shape index (κ3) is 3.65. The molecule has 0 atom stereocenters. The van der Waals surface area contributed by atoms with Crippen LogP contribution in [0.15, 0.2) is 53.6 Å². The molecule has 0 saturated carbocycles. The molecule has 2 aromatic carbocycles. The number of rotatable bonds is 3. The molecule has 0 aliphatic carbocycles. The van der Waals surface area contributed by atoms with E-state index in [9.17, 15) is 8.42 Å². The Hall–Kier alpha value is -1.44. The minimum Gasteiger partial charge on any atom is -0.368 e. The molecule has 0 spiro atoms. The summed E-state index contributed by atoms with van der Waals surface area (Å²) in [5, 5.41) is 4.85. The molecule has 1 aliphatic heterocycles. The first kappa shape index (κ1) is 20.3. The van der Waals surface area contributed by atoms with Gasteiger partial charge in [0.25, 0.3) is 10.0 Å². The van der Waals surface area contributed by atoms with Crippen LogP contribution in [0.2, 0.25) is 10.0 Å². The Morgan fingerprint density at radius 3 is 2.41 bits per heavy atom. The van der Waals surface area contributed by atoms with E-state index in [0.29, 0.717) is 15.6 Å². The van der Waals surface area contributed by atoms with Crippen molar-refractivity contribution in [2.24, 2.45) is 0 Å². The first-order valence-electron chi connectivity index (χ1n) is 8.25. The molecule has 144 valence electrons. The molecule has 9 heteroatoms. The Morgan fingerprint density at radius 2 is 1.70 bits per heavy atom. The normalized spacial score (nSPS) is 15.0. The topological polar surface area (TPSA) is 54.3 Å². The summed E-state index contributed by atoms with van der Waals surface area (Å²) in [6, 6.07) is 11.8. The van der Waals surface area contributed by atoms with Gasteiger partial charge in [0.1, 0.15) is 0 Å². The number of fused-ring (bicyclic) bond motifs is 1. The largest absolute Gasteiger partial charge is 0.368 e. The number of piperazine rings is 1. The van der Waals surface area contributed by atoms with Crippen molar-refractivity contribution in [2.75, 3.05) is 31.1 Å². The van der Waals surface area contributed by atoms with Gasteiger partial charge in [0.05, 0.1) is 15.4 Å². The van der Waals surface area contributed by atoms with Crippen LogP contribution in [0.5, 0.6) is 0 Å². The van der Waals surface area contributed by atoms with Crippen LogP contribution < -0.4 is 10.2 Å². The summed E-state index contributed by atoms with van der Waals surface area (Å²) in [4.78, 5) is 2.35. The van der Waals surface area contributed by atoms with E-state index in [0.717, 1.165) is 37.3 Å². The average molecular weight is 447 g/mol. The van der Waals surface area contributed by atoms with Crippen LogP contribution >= 0.6 is 35.6 Å². The molecule has 1 aromatic heterocycles. The van der Waals surface area contributed by atoms with Gasteiger partial charge in [-0.1, -0.05) is 35.3 Å². The zero-order valence-electron chi connectivity index (χ0n) is 14.2. The summed E-state index contributed by atoms with van der Waals surface area (Å²) in [5.74, 6) is 0. The van der Waals surface area contributed by atoms with Crippen LogP contribution in [-0.4, -0.2) is 38.6 Å². The molecule has 0 bridgehead atoms. The van der Waals surface area contributed by atoms with Gasteiger partial charge in [-0.2, -0.15) is 0 Å². The second-order valence-corrected chi connectivity index (χ2v) is 8.80. The van der Waals surface area contributed by atoms with Gasteiger partial charge in [0, 0.05) is 48.5 Å². The summed E-state index contributed by atoms with van der Waals surface area (Å²) in [6.07, 6.45) is 1.47. The molecule has 27 heavy (non-hydrogen) atoms. The Labute approximate surface area is 174 Å². The second-order valence-electron chi connectivity index (χ2n) is 6.14. The molecule has 1 fully saturated rings. The SMILES string of the molecule is Cl.O=S(=O)(c1cccc(Cl)c1)n1cc(Cl)c2c(N3CCNCC3)cccc21. The van der Waals surface area contributed by atoms with E-state index in [2.05, 4.69) is 10.2 Å². The predicted molar refractivity (Wildman–Crippen MR) is 113 cm³/mol. The number of halogens is 3. The molecule has 1 N–H and O–H groups in total. The molecule has 4 rings (SSSR count). The van der Waals surface area contributed by atoms with Gasteiger partial charge in [-0.3, -0.25) is 0 Å². The Bertz CT molecular complexity index is 1080. The average Bonchev–Trinajstić information content (AvgIpc) is 3.00. The highest BCUT2D eigenvalue weighted by Crippen LogP contribution is 2.36. The van der Waals surface area contributed by atoms with Gasteiger partial charge >= 0.3 is 0 Å². The van der Waals surface area contributed by atoms with Crippen molar-refractivity contribution < 1.29 is 8.42 Å². The van der Waals surface area contributed by atoms with E-state index in [-0.39, 0.29) is 17.3 Å². The number of nitrogens with zero attached hydrogens (tertiary/aromatic N) is 2. The molecule has 0 radical (unpaired) electrons. The molecule has 0 unspecified atom stereocenters. The maximum Gasteiger partial charge on any atom is 0.268 e. The van der Waals surface area contributed by atoms with E-state index in [4.69, 9.17) is 23.2 Å². The van der Waals surface area contributed by atoms with Gasteiger partial charge in [0.15, 0.2) is 0 Å². The molecular formula is C18H18Cl3N3O2S. The number of hydrogen-bond acceptors (Lipinski definition) is 4. The standard InChI is InChI=1S/C18H17Cl2N3O2S.ClH/c19-13-3-1-4-14(11-13)26(24,25)23-12-15(20)18-16(5-2-6-17(18)23)22-9-7-21-8-10-22;/h1-6,11-12,21H,7-10H2;1H. The van der Waals surface area contributed by atoms with Crippen molar-refractivity contribution in [1.82, 2.24) is 9.29 Å². The maximum absolute atomic E-state index is 13.1. The Balaban J connectivity index is 0.00000210. The van der Waals surface area contributed by atoms with Gasteiger partial charge in [-0.05, 0) is 30.3 Å². The van der Waals surface area contributed by atoms with Crippen molar-refractivity contribution in [1.29, 1.82) is 0 Å². The Morgan fingerprint density at radius 1 is 1.00 bits per heavy atom. The lowest BCUT2D eigenvalue weighted by atomic mass is 10.2. The molecular weight excluding hydrogens is 429 g/mol. The summed E-state index contributed by atoms with van der Waals surface area (Å²) in [6.45, 7) is 3.47. The van der Waals surface area contributed by atoms with Crippen molar-refractivity contribution in [3.63, 3.8) is 0 Å². The first-order valence-corrected chi connectivity index (χ1v) is 10.4. The monoisotopic (exact) mass is 445 g/mol. The quantitative estimate of drug-likeness (QED) is 0.660. The van der Waals surface area contributed by atoms with Gasteiger partial charge in [-0.25, -0.2) is 12.4 Å². The molecule has 1 saturated heterocycles. The number of nitrogens with one attached hydrogen (secondary N) is 1. The lowest BCUT2D eigenvalue weighted by Crippen LogP contribution is -2.43. The third-order valence-electron chi connectivity index (χ3n) is 4.54.